The molecule has 1 aliphatic rings. The summed E-state index contributed by atoms with van der Waals surface area (Å²) in [5.41, 5.74) is 8.99. The molecule has 10 nitrogen and oxygen atoms in total. The van der Waals surface area contributed by atoms with E-state index < -0.39 is 22.3 Å². The Morgan fingerprint density at radius 1 is 1.52 bits per heavy atom. The lowest BCUT2D eigenvalue weighted by Gasteiger charge is -2.22. The van der Waals surface area contributed by atoms with E-state index in [9.17, 15) is 19.7 Å². The van der Waals surface area contributed by atoms with E-state index in [0.29, 0.717) is 0 Å². The van der Waals surface area contributed by atoms with E-state index in [4.69, 9.17) is 16.6 Å². The fraction of sp³-hybridized carbons (Fsp3) is 0.364. The Balaban J connectivity index is 2.39. The largest absolute Gasteiger partial charge is 0.480 e. The third kappa shape index (κ3) is 2.60. The van der Waals surface area contributed by atoms with Gasteiger partial charge in [-0.3, -0.25) is 19.7 Å². The summed E-state index contributed by atoms with van der Waals surface area (Å²) in [4.78, 5) is 37.9. The lowest BCUT2D eigenvalue weighted by atomic mass is 10.0. The Morgan fingerprint density at radius 2 is 2.19 bits per heavy atom. The van der Waals surface area contributed by atoms with Crippen LogP contribution in [0.3, 0.4) is 0 Å². The maximum absolute atomic E-state index is 11.4. The van der Waals surface area contributed by atoms with E-state index in [-0.39, 0.29) is 36.6 Å². The molecular weight excluding hydrogens is 282 g/mol. The number of primary amides is 1. The molecule has 2 heterocycles. The van der Waals surface area contributed by atoms with Gasteiger partial charge in [-0.15, -0.1) is 0 Å². The van der Waals surface area contributed by atoms with Gasteiger partial charge in [0.25, 0.3) is 11.6 Å². The van der Waals surface area contributed by atoms with Crippen LogP contribution < -0.4 is 16.4 Å². The van der Waals surface area contributed by atoms with Gasteiger partial charge in [-0.25, -0.2) is 4.98 Å². The second kappa shape index (κ2) is 4.98. The second-order valence-corrected chi connectivity index (χ2v) is 4.82. The van der Waals surface area contributed by atoms with Crippen LogP contribution in [0.25, 0.3) is 0 Å². The summed E-state index contributed by atoms with van der Waals surface area (Å²) < 4.78 is 0. The highest BCUT2D eigenvalue weighted by Gasteiger charge is 2.42. The summed E-state index contributed by atoms with van der Waals surface area (Å²) in [6.45, 7) is 0.196. The molecular formula is C11H13N5O5. The average Bonchev–Trinajstić information content (AvgIpc) is 2.82. The Labute approximate surface area is 118 Å². The Bertz CT molecular complexity index is 633. The number of hydrogen-bond acceptors (Lipinski definition) is 7. The third-order valence-corrected chi connectivity index (χ3v) is 3.35. The predicted molar refractivity (Wildman–Crippen MR) is 70.8 cm³/mol. The molecule has 10 heteroatoms. The van der Waals surface area contributed by atoms with E-state index in [2.05, 4.69) is 4.98 Å². The number of nitro groups is 1. The van der Waals surface area contributed by atoms with Crippen molar-refractivity contribution in [3.05, 3.63) is 27.9 Å². The lowest BCUT2D eigenvalue weighted by molar-refractivity contribution is -0.385. The molecule has 21 heavy (non-hydrogen) atoms. The number of carbonyl (C=O) groups is 2. The minimum atomic E-state index is -1.45. The number of nitrogens with zero attached hydrogens (tertiary/aromatic N) is 3. The maximum Gasteiger partial charge on any atom is 0.325 e. The Morgan fingerprint density at radius 3 is 2.67 bits per heavy atom. The molecule has 0 spiro atoms. The molecule has 0 aromatic carbocycles. The van der Waals surface area contributed by atoms with Gasteiger partial charge in [0.15, 0.2) is 0 Å². The van der Waals surface area contributed by atoms with Crippen molar-refractivity contribution >= 4 is 23.4 Å². The van der Waals surface area contributed by atoms with Crippen molar-refractivity contribution in [2.75, 3.05) is 18.0 Å². The highest BCUT2D eigenvalue weighted by Crippen LogP contribution is 2.28. The standard InChI is InChI=1S/C11H13N5O5/c12-8(17)7-3-6(16(20)21)4-14-9(7)15-2-1-11(13,5-15)10(18)19/h3-4H,1-2,5,13H2,(H2,12,17)(H,18,19). The molecule has 2 rings (SSSR count). The molecule has 112 valence electrons. The van der Waals surface area contributed by atoms with E-state index in [0.717, 1.165) is 12.3 Å². The van der Waals surface area contributed by atoms with Crippen molar-refractivity contribution in [2.24, 2.45) is 11.5 Å². The van der Waals surface area contributed by atoms with Crippen molar-refractivity contribution in [1.29, 1.82) is 0 Å². The Kier molecular flexibility index (Phi) is 3.47. The molecule has 1 aromatic heterocycles. The van der Waals surface area contributed by atoms with Gasteiger partial charge in [0.2, 0.25) is 0 Å². The van der Waals surface area contributed by atoms with Crippen molar-refractivity contribution < 1.29 is 19.6 Å². The summed E-state index contributed by atoms with van der Waals surface area (Å²) in [5.74, 6) is -1.94. The average molecular weight is 295 g/mol. The van der Waals surface area contributed by atoms with Crippen LogP contribution in [-0.2, 0) is 4.79 Å². The quantitative estimate of drug-likeness (QED) is 0.473. The van der Waals surface area contributed by atoms with Crippen LogP contribution in [-0.4, -0.2) is 45.5 Å². The smallest absolute Gasteiger partial charge is 0.325 e. The molecule has 0 aliphatic carbocycles. The van der Waals surface area contributed by atoms with E-state index in [1.54, 1.807) is 0 Å². The topological polar surface area (TPSA) is 166 Å². The van der Waals surface area contributed by atoms with Crippen LogP contribution >= 0.6 is 0 Å². The molecule has 0 bridgehead atoms. The monoisotopic (exact) mass is 295 g/mol. The first-order valence-corrected chi connectivity index (χ1v) is 5.96. The molecule has 1 aliphatic heterocycles. The van der Waals surface area contributed by atoms with Crippen molar-refractivity contribution in [1.82, 2.24) is 4.98 Å². The summed E-state index contributed by atoms with van der Waals surface area (Å²) in [7, 11) is 0. The van der Waals surface area contributed by atoms with Crippen LogP contribution in [0.2, 0.25) is 0 Å². The number of hydrogen-bond donors (Lipinski definition) is 3. The summed E-state index contributed by atoms with van der Waals surface area (Å²) in [6.07, 6.45) is 1.15. The van der Waals surface area contributed by atoms with Crippen LogP contribution in [0.5, 0.6) is 0 Å². The summed E-state index contributed by atoms with van der Waals surface area (Å²) >= 11 is 0. The van der Waals surface area contributed by atoms with Gasteiger partial charge in [0.05, 0.1) is 10.5 Å². The first-order valence-electron chi connectivity index (χ1n) is 5.96. The predicted octanol–water partition coefficient (Wildman–Crippen LogP) is -0.919. The number of aromatic nitrogens is 1. The zero-order valence-corrected chi connectivity index (χ0v) is 10.9. The van der Waals surface area contributed by atoms with Gasteiger partial charge in [-0.1, -0.05) is 0 Å². The molecule has 0 saturated carbocycles. The van der Waals surface area contributed by atoms with Crippen molar-refractivity contribution in [3.8, 4) is 0 Å². The molecule has 1 aromatic rings. The van der Waals surface area contributed by atoms with E-state index in [1.807, 2.05) is 0 Å². The third-order valence-electron chi connectivity index (χ3n) is 3.35. The molecule has 5 N–H and O–H groups in total. The van der Waals surface area contributed by atoms with Crippen molar-refractivity contribution in [3.63, 3.8) is 0 Å². The van der Waals surface area contributed by atoms with Crippen LogP contribution in [0.1, 0.15) is 16.8 Å². The van der Waals surface area contributed by atoms with Crippen LogP contribution in [0, 0.1) is 10.1 Å². The van der Waals surface area contributed by atoms with Crippen LogP contribution in [0.4, 0.5) is 11.5 Å². The SMILES string of the molecule is NC(=O)c1cc([N+](=O)[O-])cnc1N1CCC(N)(C(=O)O)C1. The zero-order valence-electron chi connectivity index (χ0n) is 10.9. The van der Waals surface area contributed by atoms with Gasteiger partial charge < -0.3 is 21.5 Å². The maximum atomic E-state index is 11.4. The molecule has 0 radical (unpaired) electrons. The first kappa shape index (κ1) is 14.7. The van der Waals surface area contributed by atoms with E-state index >= 15 is 0 Å². The Hall–Kier alpha value is -2.75. The molecule has 1 fully saturated rings. The molecule has 1 unspecified atom stereocenters. The summed E-state index contributed by atoms with van der Waals surface area (Å²) in [6, 6.07) is 1.02. The zero-order chi connectivity index (χ0) is 15.8. The number of carboxylic acid groups (broad SMARTS) is 1. The van der Waals surface area contributed by atoms with Gasteiger partial charge in [-0.05, 0) is 6.42 Å². The molecule has 1 saturated heterocycles. The van der Waals surface area contributed by atoms with Gasteiger partial charge >= 0.3 is 5.97 Å². The number of rotatable bonds is 4. The minimum Gasteiger partial charge on any atom is -0.480 e. The van der Waals surface area contributed by atoms with Gasteiger partial charge in [-0.2, -0.15) is 0 Å². The first-order chi connectivity index (χ1) is 9.74. The number of carboxylic acids is 1. The lowest BCUT2D eigenvalue weighted by Crippen LogP contribution is -2.50. The highest BCUT2D eigenvalue weighted by molar-refractivity contribution is 5.98. The van der Waals surface area contributed by atoms with Gasteiger partial charge in [0, 0.05) is 19.2 Å². The van der Waals surface area contributed by atoms with Crippen LogP contribution in [0.15, 0.2) is 12.3 Å². The van der Waals surface area contributed by atoms with Crippen molar-refractivity contribution in [2.45, 2.75) is 12.0 Å². The fourth-order valence-corrected chi connectivity index (χ4v) is 2.17. The van der Waals surface area contributed by atoms with Gasteiger partial charge in [0.1, 0.15) is 17.6 Å². The number of pyridine rings is 1. The molecule has 1 atom stereocenters. The number of anilines is 1. The minimum absolute atomic E-state index is 0.0621. The number of nitrogens with two attached hydrogens (primary N) is 2. The highest BCUT2D eigenvalue weighted by atomic mass is 16.6. The van der Waals surface area contributed by atoms with E-state index in [1.165, 1.54) is 4.90 Å². The number of aliphatic carboxylic acids is 1. The normalized spacial score (nSPS) is 21.3. The number of carbonyl (C=O) groups excluding carboxylic acids is 1. The number of amides is 1. The molecule has 1 amide bonds. The summed E-state index contributed by atoms with van der Waals surface area (Å²) in [5, 5.41) is 19.8. The second-order valence-electron chi connectivity index (χ2n) is 4.82. The fourth-order valence-electron chi connectivity index (χ4n) is 2.17.